The van der Waals surface area contributed by atoms with E-state index in [1.54, 1.807) is 0 Å². The van der Waals surface area contributed by atoms with Crippen LogP contribution in [0.5, 0.6) is 0 Å². The summed E-state index contributed by atoms with van der Waals surface area (Å²) in [7, 11) is 0. The lowest BCUT2D eigenvalue weighted by molar-refractivity contribution is -0.214. The lowest BCUT2D eigenvalue weighted by Gasteiger charge is -2.33. The number of unbranched alkanes of at least 4 members (excludes halogenated alkanes) is 1. The smallest absolute Gasteiger partial charge is 0.160 e. The van der Waals surface area contributed by atoms with Crippen LogP contribution in [0.3, 0.4) is 0 Å². The first-order chi connectivity index (χ1) is 7.29. The molecule has 0 N–H and O–H groups in total. The van der Waals surface area contributed by atoms with Gasteiger partial charge < -0.3 is 9.47 Å². The molecule has 1 heterocycles. The summed E-state index contributed by atoms with van der Waals surface area (Å²) in [6.45, 7) is 8.58. The Morgan fingerprint density at radius 1 is 1.20 bits per heavy atom. The van der Waals surface area contributed by atoms with Crippen molar-refractivity contribution in [2.75, 3.05) is 13.2 Å². The maximum atomic E-state index is 5.74. The molecule has 2 heteroatoms. The van der Waals surface area contributed by atoms with E-state index in [2.05, 4.69) is 20.8 Å². The molecule has 0 bridgehead atoms. The second-order valence-corrected chi connectivity index (χ2v) is 4.66. The average Bonchev–Trinajstić information content (AvgIpc) is 2.30. The van der Waals surface area contributed by atoms with E-state index in [1.807, 2.05) is 0 Å². The fraction of sp³-hybridized carbons (Fsp3) is 1.00. The van der Waals surface area contributed by atoms with Crippen LogP contribution in [0.1, 0.15) is 52.9 Å². The Morgan fingerprint density at radius 2 is 1.87 bits per heavy atom. The maximum absolute atomic E-state index is 5.74. The zero-order valence-electron chi connectivity index (χ0n) is 10.5. The third-order valence-corrected chi connectivity index (χ3v) is 3.47. The number of hydrogen-bond donors (Lipinski definition) is 0. The van der Waals surface area contributed by atoms with Crippen molar-refractivity contribution in [3.63, 3.8) is 0 Å². The van der Waals surface area contributed by atoms with E-state index in [-0.39, 0.29) is 6.29 Å². The van der Waals surface area contributed by atoms with E-state index in [1.165, 1.54) is 25.7 Å². The monoisotopic (exact) mass is 214 g/mol. The quantitative estimate of drug-likeness (QED) is 0.672. The van der Waals surface area contributed by atoms with Crippen LogP contribution in [0.2, 0.25) is 0 Å². The van der Waals surface area contributed by atoms with Crippen LogP contribution in [-0.4, -0.2) is 19.5 Å². The SMILES string of the molecule is CCCC[C@H](C1OCCCO1)[C@@H](C)CC. The van der Waals surface area contributed by atoms with Crippen LogP contribution in [0.4, 0.5) is 0 Å². The van der Waals surface area contributed by atoms with E-state index >= 15 is 0 Å². The fourth-order valence-corrected chi connectivity index (χ4v) is 2.18. The first-order valence-corrected chi connectivity index (χ1v) is 6.52. The van der Waals surface area contributed by atoms with Crippen molar-refractivity contribution in [2.24, 2.45) is 11.8 Å². The molecule has 0 saturated carbocycles. The molecule has 2 atom stereocenters. The van der Waals surface area contributed by atoms with Gasteiger partial charge in [-0.25, -0.2) is 0 Å². The van der Waals surface area contributed by atoms with Gasteiger partial charge in [0.25, 0.3) is 0 Å². The van der Waals surface area contributed by atoms with Crippen LogP contribution in [0.25, 0.3) is 0 Å². The summed E-state index contributed by atoms with van der Waals surface area (Å²) in [5, 5.41) is 0. The summed E-state index contributed by atoms with van der Waals surface area (Å²) >= 11 is 0. The molecule has 0 aliphatic carbocycles. The third kappa shape index (κ3) is 4.12. The molecular weight excluding hydrogens is 188 g/mol. The molecule has 0 aromatic heterocycles. The maximum Gasteiger partial charge on any atom is 0.160 e. The van der Waals surface area contributed by atoms with Crippen LogP contribution >= 0.6 is 0 Å². The van der Waals surface area contributed by atoms with Crippen LogP contribution < -0.4 is 0 Å². The molecule has 1 saturated heterocycles. The predicted molar refractivity (Wildman–Crippen MR) is 62.8 cm³/mol. The Balaban J connectivity index is 2.45. The van der Waals surface area contributed by atoms with Crippen molar-refractivity contribution >= 4 is 0 Å². The normalized spacial score (nSPS) is 22.6. The molecule has 0 radical (unpaired) electrons. The standard InChI is InChI=1S/C13H26O2/c1-4-6-8-12(11(3)5-2)13-14-9-7-10-15-13/h11-13H,4-10H2,1-3H3/t11-,12-/m0/s1. The van der Waals surface area contributed by atoms with Crippen molar-refractivity contribution in [1.29, 1.82) is 0 Å². The predicted octanol–water partition coefficient (Wildman–Crippen LogP) is 3.60. The van der Waals surface area contributed by atoms with E-state index in [4.69, 9.17) is 9.47 Å². The van der Waals surface area contributed by atoms with Crippen molar-refractivity contribution in [2.45, 2.75) is 59.2 Å². The number of ether oxygens (including phenoxy) is 2. The molecule has 15 heavy (non-hydrogen) atoms. The van der Waals surface area contributed by atoms with Crippen molar-refractivity contribution < 1.29 is 9.47 Å². The van der Waals surface area contributed by atoms with Gasteiger partial charge in [-0.1, -0.05) is 40.0 Å². The van der Waals surface area contributed by atoms with Gasteiger partial charge >= 0.3 is 0 Å². The lowest BCUT2D eigenvalue weighted by Crippen LogP contribution is -2.35. The first kappa shape index (κ1) is 13.0. The molecule has 2 nitrogen and oxygen atoms in total. The van der Waals surface area contributed by atoms with E-state index in [0.29, 0.717) is 11.8 Å². The summed E-state index contributed by atoms with van der Waals surface area (Å²) in [5.74, 6) is 1.30. The van der Waals surface area contributed by atoms with E-state index in [0.717, 1.165) is 19.6 Å². The lowest BCUT2D eigenvalue weighted by atomic mass is 9.86. The van der Waals surface area contributed by atoms with Crippen LogP contribution in [0.15, 0.2) is 0 Å². The summed E-state index contributed by atoms with van der Waals surface area (Å²) < 4.78 is 11.5. The van der Waals surface area contributed by atoms with Gasteiger partial charge in [-0.3, -0.25) is 0 Å². The van der Waals surface area contributed by atoms with Crippen molar-refractivity contribution in [3.05, 3.63) is 0 Å². The summed E-state index contributed by atoms with van der Waals surface area (Å²) in [6.07, 6.45) is 6.14. The summed E-state index contributed by atoms with van der Waals surface area (Å²) in [5.41, 5.74) is 0. The Bertz CT molecular complexity index is 153. The molecule has 1 aliphatic heterocycles. The minimum Gasteiger partial charge on any atom is -0.352 e. The molecule has 0 spiro atoms. The highest BCUT2D eigenvalue weighted by Crippen LogP contribution is 2.28. The Kier molecular flexibility index (Phi) is 6.26. The molecule has 0 amide bonds. The Morgan fingerprint density at radius 3 is 2.40 bits per heavy atom. The zero-order valence-corrected chi connectivity index (χ0v) is 10.5. The van der Waals surface area contributed by atoms with Gasteiger partial charge in [0.05, 0.1) is 13.2 Å². The molecule has 1 aliphatic rings. The second kappa shape index (κ2) is 7.24. The molecule has 0 unspecified atom stereocenters. The molecule has 1 rings (SSSR count). The molecule has 1 fully saturated rings. The average molecular weight is 214 g/mol. The number of rotatable bonds is 6. The van der Waals surface area contributed by atoms with Crippen molar-refractivity contribution in [3.8, 4) is 0 Å². The second-order valence-electron chi connectivity index (χ2n) is 4.66. The largest absolute Gasteiger partial charge is 0.352 e. The Hall–Kier alpha value is -0.0800. The van der Waals surface area contributed by atoms with Gasteiger partial charge in [0, 0.05) is 5.92 Å². The minimum atomic E-state index is 0.0697. The van der Waals surface area contributed by atoms with E-state index in [9.17, 15) is 0 Å². The van der Waals surface area contributed by atoms with Gasteiger partial charge in [-0.05, 0) is 18.8 Å². The van der Waals surface area contributed by atoms with E-state index < -0.39 is 0 Å². The minimum absolute atomic E-state index is 0.0697. The van der Waals surface area contributed by atoms with Gasteiger partial charge in [-0.2, -0.15) is 0 Å². The van der Waals surface area contributed by atoms with Gasteiger partial charge in [-0.15, -0.1) is 0 Å². The van der Waals surface area contributed by atoms with Crippen molar-refractivity contribution in [1.82, 2.24) is 0 Å². The highest BCUT2D eigenvalue weighted by atomic mass is 16.7. The Labute approximate surface area is 94.3 Å². The molecule has 0 aromatic carbocycles. The first-order valence-electron chi connectivity index (χ1n) is 6.52. The zero-order chi connectivity index (χ0) is 11.1. The third-order valence-electron chi connectivity index (χ3n) is 3.47. The highest BCUT2D eigenvalue weighted by Gasteiger charge is 2.28. The molecular formula is C13H26O2. The van der Waals surface area contributed by atoms with Crippen LogP contribution in [0, 0.1) is 11.8 Å². The highest BCUT2D eigenvalue weighted by molar-refractivity contribution is 4.71. The van der Waals surface area contributed by atoms with Crippen LogP contribution in [-0.2, 0) is 9.47 Å². The molecule has 0 aromatic rings. The molecule has 90 valence electrons. The summed E-state index contributed by atoms with van der Waals surface area (Å²) in [6, 6.07) is 0. The van der Waals surface area contributed by atoms with Gasteiger partial charge in [0.1, 0.15) is 0 Å². The van der Waals surface area contributed by atoms with Gasteiger partial charge in [0.15, 0.2) is 6.29 Å². The topological polar surface area (TPSA) is 18.5 Å². The fourth-order valence-electron chi connectivity index (χ4n) is 2.18. The number of hydrogen-bond acceptors (Lipinski definition) is 2. The van der Waals surface area contributed by atoms with Gasteiger partial charge in [0.2, 0.25) is 0 Å². The summed E-state index contributed by atoms with van der Waals surface area (Å²) in [4.78, 5) is 0.